The number of carbonyl (C=O) groups is 1. The van der Waals surface area contributed by atoms with Crippen LogP contribution in [0.4, 0.5) is 20.2 Å². The first-order valence-corrected chi connectivity index (χ1v) is 10.1. The Morgan fingerprint density at radius 1 is 0.938 bits per heavy atom. The average Bonchev–Trinajstić information content (AvgIpc) is 2.79. The van der Waals surface area contributed by atoms with Crippen LogP contribution < -0.4 is 4.90 Å². The van der Waals surface area contributed by atoms with Gasteiger partial charge in [-0.15, -0.1) is 0 Å². The molecule has 3 atom stereocenters. The molecule has 4 rings (SSSR count). The van der Waals surface area contributed by atoms with Crippen molar-refractivity contribution in [3.05, 3.63) is 106 Å². The lowest BCUT2D eigenvalue weighted by molar-refractivity contribution is -0.384. The molecule has 1 N–H and O–H groups in total. The number of benzene rings is 3. The molecule has 164 valence electrons. The number of amides is 1. The number of aliphatic hydroxyl groups excluding tert-OH is 1. The van der Waals surface area contributed by atoms with Gasteiger partial charge in [-0.25, -0.2) is 8.78 Å². The van der Waals surface area contributed by atoms with Gasteiger partial charge in [0.05, 0.1) is 23.0 Å². The SMILES string of the molecule is O=C1[C@H](CC[C@H](O)c2ccc(F)cc2)[C@@H](c2ccc([N+](=O)[O-])cc2)N1c1ccc(F)cc1. The molecule has 3 aromatic carbocycles. The quantitative estimate of drug-likeness (QED) is 0.316. The Hall–Kier alpha value is -3.65. The lowest BCUT2D eigenvalue weighted by atomic mass is 9.78. The predicted octanol–water partition coefficient (Wildman–Crippen LogP) is 5.09. The van der Waals surface area contributed by atoms with Crippen molar-refractivity contribution in [1.29, 1.82) is 0 Å². The molecule has 0 aromatic heterocycles. The zero-order valence-electron chi connectivity index (χ0n) is 16.9. The highest BCUT2D eigenvalue weighted by Crippen LogP contribution is 2.46. The van der Waals surface area contributed by atoms with Gasteiger partial charge < -0.3 is 10.0 Å². The number of nitro benzene ring substituents is 1. The third-order valence-electron chi connectivity index (χ3n) is 5.77. The van der Waals surface area contributed by atoms with Crippen LogP contribution in [-0.2, 0) is 4.79 Å². The van der Waals surface area contributed by atoms with Gasteiger partial charge in [0.15, 0.2) is 0 Å². The van der Waals surface area contributed by atoms with E-state index in [-0.39, 0.29) is 18.0 Å². The highest BCUT2D eigenvalue weighted by atomic mass is 19.1. The number of anilines is 1. The molecule has 0 saturated carbocycles. The van der Waals surface area contributed by atoms with Crippen molar-refractivity contribution in [2.24, 2.45) is 5.92 Å². The van der Waals surface area contributed by atoms with E-state index in [1.165, 1.54) is 65.6 Å². The van der Waals surface area contributed by atoms with E-state index in [1.807, 2.05) is 0 Å². The van der Waals surface area contributed by atoms with Crippen LogP contribution in [0.1, 0.15) is 36.1 Å². The fourth-order valence-corrected chi connectivity index (χ4v) is 4.08. The minimum absolute atomic E-state index is 0.0592. The summed E-state index contributed by atoms with van der Waals surface area (Å²) >= 11 is 0. The van der Waals surface area contributed by atoms with Crippen molar-refractivity contribution >= 4 is 17.3 Å². The van der Waals surface area contributed by atoms with Gasteiger partial charge in [0.1, 0.15) is 11.6 Å². The standard InChI is InChI=1S/C24H20F2N2O4/c25-17-5-1-15(2-6-17)22(29)14-13-21-23(16-3-9-20(10-4-16)28(31)32)27(24(21)30)19-11-7-18(26)8-12-19/h1-12,21-23,29H,13-14H2/t21-,22+,23-/m1/s1. The molecule has 1 fully saturated rings. The van der Waals surface area contributed by atoms with E-state index in [2.05, 4.69) is 0 Å². The minimum Gasteiger partial charge on any atom is -0.388 e. The number of non-ortho nitro benzene ring substituents is 1. The van der Waals surface area contributed by atoms with Gasteiger partial charge >= 0.3 is 0 Å². The summed E-state index contributed by atoms with van der Waals surface area (Å²) in [6.45, 7) is 0. The third kappa shape index (κ3) is 4.22. The first kappa shape index (κ1) is 21.6. The van der Waals surface area contributed by atoms with E-state index in [0.717, 1.165) is 0 Å². The number of aliphatic hydroxyl groups is 1. The Kier molecular flexibility index (Phi) is 5.96. The van der Waals surface area contributed by atoms with Gasteiger partial charge in [-0.3, -0.25) is 14.9 Å². The molecular weight excluding hydrogens is 418 g/mol. The maximum absolute atomic E-state index is 13.4. The van der Waals surface area contributed by atoms with E-state index in [9.17, 15) is 28.8 Å². The summed E-state index contributed by atoms with van der Waals surface area (Å²) in [5.41, 5.74) is 1.73. The zero-order valence-corrected chi connectivity index (χ0v) is 16.9. The Morgan fingerprint density at radius 2 is 1.50 bits per heavy atom. The molecule has 0 aliphatic carbocycles. The number of nitro groups is 1. The first-order chi connectivity index (χ1) is 15.3. The van der Waals surface area contributed by atoms with Crippen molar-refractivity contribution in [2.45, 2.75) is 25.0 Å². The zero-order chi connectivity index (χ0) is 22.8. The van der Waals surface area contributed by atoms with Gasteiger partial charge in [-0.2, -0.15) is 0 Å². The van der Waals surface area contributed by atoms with E-state index < -0.39 is 34.6 Å². The molecule has 8 heteroatoms. The number of hydrogen-bond acceptors (Lipinski definition) is 4. The van der Waals surface area contributed by atoms with Crippen molar-refractivity contribution in [2.75, 3.05) is 4.90 Å². The number of nitrogens with zero attached hydrogens (tertiary/aromatic N) is 2. The van der Waals surface area contributed by atoms with Crippen LogP contribution >= 0.6 is 0 Å². The van der Waals surface area contributed by atoms with E-state index >= 15 is 0 Å². The van der Waals surface area contributed by atoms with Gasteiger partial charge in [0.25, 0.3) is 5.69 Å². The van der Waals surface area contributed by atoms with Gasteiger partial charge in [0, 0.05) is 17.8 Å². The minimum atomic E-state index is -0.860. The van der Waals surface area contributed by atoms with Crippen molar-refractivity contribution in [1.82, 2.24) is 0 Å². The molecule has 0 spiro atoms. The monoisotopic (exact) mass is 438 g/mol. The van der Waals surface area contributed by atoms with Crippen LogP contribution in [-0.4, -0.2) is 15.9 Å². The molecule has 3 aromatic rings. The van der Waals surface area contributed by atoms with E-state index in [0.29, 0.717) is 23.2 Å². The maximum Gasteiger partial charge on any atom is 0.269 e. The second kappa shape index (κ2) is 8.84. The molecule has 1 aliphatic heterocycles. The van der Waals surface area contributed by atoms with Crippen LogP contribution in [0.2, 0.25) is 0 Å². The number of β-lactam (4-membered cyclic amide) rings is 1. The largest absolute Gasteiger partial charge is 0.388 e. The molecule has 1 saturated heterocycles. The molecule has 0 unspecified atom stereocenters. The van der Waals surface area contributed by atoms with Crippen LogP contribution in [0.15, 0.2) is 72.8 Å². The number of carbonyl (C=O) groups excluding carboxylic acids is 1. The molecule has 6 nitrogen and oxygen atoms in total. The number of rotatable bonds is 7. The summed E-state index contributed by atoms with van der Waals surface area (Å²) in [5, 5.41) is 21.5. The average molecular weight is 438 g/mol. The van der Waals surface area contributed by atoms with Gasteiger partial charge in [0.2, 0.25) is 5.91 Å². The van der Waals surface area contributed by atoms with E-state index in [1.54, 1.807) is 12.1 Å². The fourth-order valence-electron chi connectivity index (χ4n) is 4.08. The Labute approximate surface area is 182 Å². The lowest BCUT2D eigenvalue weighted by Gasteiger charge is -2.48. The smallest absolute Gasteiger partial charge is 0.269 e. The third-order valence-corrected chi connectivity index (χ3v) is 5.77. The van der Waals surface area contributed by atoms with Crippen molar-refractivity contribution in [3.63, 3.8) is 0 Å². The highest BCUT2D eigenvalue weighted by Gasteiger charge is 2.48. The summed E-state index contributed by atoms with van der Waals surface area (Å²) in [7, 11) is 0. The number of halogens is 2. The Balaban J connectivity index is 1.57. The number of hydrogen-bond donors (Lipinski definition) is 1. The Bertz CT molecular complexity index is 1120. The molecule has 0 radical (unpaired) electrons. The fraction of sp³-hybridized carbons (Fsp3) is 0.208. The maximum atomic E-state index is 13.4. The summed E-state index contributed by atoms with van der Waals surface area (Å²) in [4.78, 5) is 25.0. The summed E-state index contributed by atoms with van der Waals surface area (Å²) < 4.78 is 26.5. The van der Waals surface area contributed by atoms with Gasteiger partial charge in [-0.05, 0) is 60.4 Å². The lowest BCUT2D eigenvalue weighted by Crippen LogP contribution is -2.55. The molecule has 1 amide bonds. The van der Waals surface area contributed by atoms with Crippen molar-refractivity contribution < 1.29 is 23.6 Å². The normalized spacial score (nSPS) is 18.8. The molecule has 1 heterocycles. The molecule has 0 bridgehead atoms. The van der Waals surface area contributed by atoms with Gasteiger partial charge in [-0.1, -0.05) is 24.3 Å². The highest BCUT2D eigenvalue weighted by molar-refractivity contribution is 6.03. The predicted molar refractivity (Wildman–Crippen MR) is 114 cm³/mol. The second-order valence-corrected chi connectivity index (χ2v) is 7.73. The first-order valence-electron chi connectivity index (χ1n) is 10.1. The van der Waals surface area contributed by atoms with Crippen LogP contribution in [0, 0.1) is 27.7 Å². The van der Waals surface area contributed by atoms with Crippen molar-refractivity contribution in [3.8, 4) is 0 Å². The summed E-state index contributed by atoms with van der Waals surface area (Å²) in [6.07, 6.45) is -0.222. The molecule has 32 heavy (non-hydrogen) atoms. The molecular formula is C24H20F2N2O4. The Morgan fingerprint density at radius 3 is 2.06 bits per heavy atom. The summed E-state index contributed by atoms with van der Waals surface area (Å²) in [5.74, 6) is -1.46. The molecule has 1 aliphatic rings. The van der Waals surface area contributed by atoms with Crippen LogP contribution in [0.25, 0.3) is 0 Å². The van der Waals surface area contributed by atoms with E-state index in [4.69, 9.17) is 0 Å². The van der Waals surface area contributed by atoms with Crippen LogP contribution in [0.5, 0.6) is 0 Å². The summed E-state index contributed by atoms with van der Waals surface area (Å²) in [6, 6.07) is 16.6. The second-order valence-electron chi connectivity index (χ2n) is 7.73. The van der Waals surface area contributed by atoms with Crippen LogP contribution in [0.3, 0.4) is 0 Å². The topological polar surface area (TPSA) is 83.7 Å².